The highest BCUT2D eigenvalue weighted by molar-refractivity contribution is 5.92. The van der Waals surface area contributed by atoms with Crippen molar-refractivity contribution in [2.75, 3.05) is 64.3 Å². The Morgan fingerprint density at radius 2 is 1.63 bits per heavy atom. The third-order valence-electron chi connectivity index (χ3n) is 5.87. The predicted octanol–water partition coefficient (Wildman–Crippen LogP) is 1.01. The summed E-state index contributed by atoms with van der Waals surface area (Å²) in [5.41, 5.74) is 2.12. The van der Waals surface area contributed by atoms with Crippen LogP contribution in [0.15, 0.2) is 36.7 Å². The van der Waals surface area contributed by atoms with E-state index in [4.69, 9.17) is 4.74 Å². The molecule has 2 aromatic rings. The predicted molar refractivity (Wildman–Crippen MR) is 116 cm³/mol. The van der Waals surface area contributed by atoms with E-state index in [2.05, 4.69) is 41.7 Å². The maximum absolute atomic E-state index is 12.5. The monoisotopic (exact) mass is 412 g/mol. The van der Waals surface area contributed by atoms with E-state index in [9.17, 15) is 4.79 Å². The number of piperazine rings is 1. The number of rotatable bonds is 7. The third kappa shape index (κ3) is 5.89. The lowest BCUT2D eigenvalue weighted by Crippen LogP contribution is -2.48. The summed E-state index contributed by atoms with van der Waals surface area (Å²) >= 11 is 0. The minimum absolute atomic E-state index is 0.0495. The summed E-state index contributed by atoms with van der Waals surface area (Å²) in [6, 6.07) is 8.19. The number of hydrogen-bond acceptors (Lipinski definition) is 6. The SMILES string of the molecule is Cn1ccnc1CN1CCN(CC(=O)Nc2ccc(CN3CCOCC3)cc2)CC1. The number of amides is 1. The maximum Gasteiger partial charge on any atom is 0.238 e. The molecular formula is C22H32N6O2. The Hall–Kier alpha value is -2.26. The van der Waals surface area contributed by atoms with Gasteiger partial charge < -0.3 is 14.6 Å². The molecule has 1 aromatic heterocycles. The molecule has 1 amide bonds. The van der Waals surface area contributed by atoms with Gasteiger partial charge in [-0.1, -0.05) is 12.1 Å². The van der Waals surface area contributed by atoms with Gasteiger partial charge in [0.1, 0.15) is 5.82 Å². The number of nitrogens with zero attached hydrogens (tertiary/aromatic N) is 5. The normalized spacial score (nSPS) is 19.1. The molecule has 162 valence electrons. The molecule has 0 spiro atoms. The smallest absolute Gasteiger partial charge is 0.238 e. The van der Waals surface area contributed by atoms with Crippen LogP contribution in [0.1, 0.15) is 11.4 Å². The van der Waals surface area contributed by atoms with Crippen LogP contribution in [0.3, 0.4) is 0 Å². The summed E-state index contributed by atoms with van der Waals surface area (Å²) in [7, 11) is 2.03. The fourth-order valence-corrected chi connectivity index (χ4v) is 3.97. The number of carbonyl (C=O) groups excluding carboxylic acids is 1. The summed E-state index contributed by atoms with van der Waals surface area (Å²) < 4.78 is 7.46. The summed E-state index contributed by atoms with van der Waals surface area (Å²) in [4.78, 5) is 23.9. The molecule has 8 nitrogen and oxygen atoms in total. The van der Waals surface area contributed by atoms with Crippen LogP contribution >= 0.6 is 0 Å². The Kier molecular flexibility index (Phi) is 7.11. The van der Waals surface area contributed by atoms with Crippen LogP contribution in [0.4, 0.5) is 5.69 Å². The first kappa shape index (κ1) is 21.0. The summed E-state index contributed by atoms with van der Waals surface area (Å²) in [6.07, 6.45) is 3.82. The van der Waals surface area contributed by atoms with Gasteiger partial charge in [0.25, 0.3) is 0 Å². The number of hydrogen-bond donors (Lipinski definition) is 1. The number of aryl methyl sites for hydroxylation is 1. The van der Waals surface area contributed by atoms with Crippen molar-refractivity contribution in [2.24, 2.45) is 7.05 Å². The molecule has 2 fully saturated rings. The quantitative estimate of drug-likeness (QED) is 0.732. The van der Waals surface area contributed by atoms with Crippen LogP contribution in [0, 0.1) is 0 Å². The number of aromatic nitrogens is 2. The molecule has 2 aliphatic heterocycles. The minimum Gasteiger partial charge on any atom is -0.379 e. The van der Waals surface area contributed by atoms with E-state index in [0.29, 0.717) is 6.54 Å². The van der Waals surface area contributed by atoms with E-state index < -0.39 is 0 Å². The van der Waals surface area contributed by atoms with E-state index in [0.717, 1.165) is 77.1 Å². The third-order valence-corrected chi connectivity index (χ3v) is 5.87. The second kappa shape index (κ2) is 10.2. The van der Waals surface area contributed by atoms with Gasteiger partial charge in [-0.2, -0.15) is 0 Å². The molecule has 2 saturated heterocycles. The molecule has 0 bridgehead atoms. The zero-order valence-electron chi connectivity index (χ0n) is 17.8. The molecule has 30 heavy (non-hydrogen) atoms. The summed E-state index contributed by atoms with van der Waals surface area (Å²) in [6.45, 7) is 9.52. The van der Waals surface area contributed by atoms with Gasteiger partial charge in [-0.25, -0.2) is 4.98 Å². The molecule has 0 saturated carbocycles. The molecule has 1 N–H and O–H groups in total. The topological polar surface area (TPSA) is 65.9 Å². The van der Waals surface area contributed by atoms with Crippen LogP contribution in [0.5, 0.6) is 0 Å². The second-order valence-corrected chi connectivity index (χ2v) is 8.14. The Morgan fingerprint density at radius 3 is 2.30 bits per heavy atom. The van der Waals surface area contributed by atoms with Crippen molar-refractivity contribution >= 4 is 11.6 Å². The van der Waals surface area contributed by atoms with Gasteiger partial charge in [0, 0.05) is 70.9 Å². The van der Waals surface area contributed by atoms with E-state index in [1.165, 1.54) is 5.56 Å². The molecule has 3 heterocycles. The van der Waals surface area contributed by atoms with Gasteiger partial charge in [-0.3, -0.25) is 19.5 Å². The van der Waals surface area contributed by atoms with Gasteiger partial charge in [0.15, 0.2) is 0 Å². The van der Waals surface area contributed by atoms with Crippen molar-refractivity contribution in [3.05, 3.63) is 48.0 Å². The lowest BCUT2D eigenvalue weighted by atomic mass is 10.2. The van der Waals surface area contributed by atoms with Crippen LogP contribution in [0.25, 0.3) is 0 Å². The maximum atomic E-state index is 12.5. The molecule has 0 radical (unpaired) electrons. The number of imidazole rings is 1. The number of carbonyl (C=O) groups is 1. The lowest BCUT2D eigenvalue weighted by molar-refractivity contribution is -0.117. The summed E-state index contributed by atoms with van der Waals surface area (Å²) in [5, 5.41) is 3.03. The molecule has 8 heteroatoms. The van der Waals surface area contributed by atoms with Crippen LogP contribution in [-0.2, 0) is 29.7 Å². The highest BCUT2D eigenvalue weighted by Gasteiger charge is 2.20. The molecule has 2 aliphatic rings. The first-order valence-electron chi connectivity index (χ1n) is 10.8. The first-order valence-corrected chi connectivity index (χ1v) is 10.8. The number of morpholine rings is 1. The molecule has 0 atom stereocenters. The van der Waals surface area contributed by atoms with Crippen molar-refractivity contribution in [1.29, 1.82) is 0 Å². The van der Waals surface area contributed by atoms with Crippen molar-refractivity contribution < 1.29 is 9.53 Å². The van der Waals surface area contributed by atoms with Gasteiger partial charge in [-0.15, -0.1) is 0 Å². The average Bonchev–Trinajstić information content (AvgIpc) is 3.16. The molecule has 1 aromatic carbocycles. The lowest BCUT2D eigenvalue weighted by Gasteiger charge is -2.34. The van der Waals surface area contributed by atoms with Gasteiger partial charge in [0.05, 0.1) is 26.3 Å². The van der Waals surface area contributed by atoms with Crippen molar-refractivity contribution in [3.8, 4) is 0 Å². The second-order valence-electron chi connectivity index (χ2n) is 8.14. The number of benzene rings is 1. The minimum atomic E-state index is 0.0495. The van der Waals surface area contributed by atoms with E-state index >= 15 is 0 Å². The molecule has 4 rings (SSSR count). The fraction of sp³-hybridized carbons (Fsp3) is 0.545. The van der Waals surface area contributed by atoms with Crippen molar-refractivity contribution in [1.82, 2.24) is 24.3 Å². The van der Waals surface area contributed by atoms with Gasteiger partial charge in [0.2, 0.25) is 5.91 Å². The molecule has 0 unspecified atom stereocenters. The Morgan fingerprint density at radius 1 is 0.967 bits per heavy atom. The highest BCUT2D eigenvalue weighted by Crippen LogP contribution is 2.13. The number of nitrogens with one attached hydrogen (secondary N) is 1. The van der Waals surface area contributed by atoms with E-state index in [1.807, 2.05) is 31.6 Å². The largest absolute Gasteiger partial charge is 0.379 e. The standard InChI is InChI=1S/C22H32N6O2/c1-25-7-6-23-21(25)17-26-8-10-27(11-9-26)18-22(29)24-20-4-2-19(3-5-20)16-28-12-14-30-15-13-28/h2-7H,8-18H2,1H3,(H,24,29). The zero-order chi connectivity index (χ0) is 20.8. The Balaban J connectivity index is 1.18. The first-order chi connectivity index (χ1) is 14.7. The molecule has 0 aliphatic carbocycles. The summed E-state index contributed by atoms with van der Waals surface area (Å²) in [5.74, 6) is 1.13. The van der Waals surface area contributed by atoms with Gasteiger partial charge in [-0.05, 0) is 17.7 Å². The average molecular weight is 413 g/mol. The van der Waals surface area contributed by atoms with Crippen LogP contribution < -0.4 is 5.32 Å². The van der Waals surface area contributed by atoms with Crippen molar-refractivity contribution in [2.45, 2.75) is 13.1 Å². The number of anilines is 1. The fourth-order valence-electron chi connectivity index (χ4n) is 3.97. The van der Waals surface area contributed by atoms with Gasteiger partial charge >= 0.3 is 0 Å². The van der Waals surface area contributed by atoms with E-state index in [-0.39, 0.29) is 5.91 Å². The van der Waals surface area contributed by atoms with Crippen molar-refractivity contribution in [3.63, 3.8) is 0 Å². The van der Waals surface area contributed by atoms with Crippen LogP contribution in [0.2, 0.25) is 0 Å². The van der Waals surface area contributed by atoms with Crippen LogP contribution in [-0.4, -0.2) is 89.2 Å². The highest BCUT2D eigenvalue weighted by atomic mass is 16.5. The molecular weight excluding hydrogens is 380 g/mol. The number of ether oxygens (including phenoxy) is 1. The van der Waals surface area contributed by atoms with E-state index in [1.54, 1.807) is 0 Å². The Labute approximate surface area is 178 Å². The zero-order valence-corrected chi connectivity index (χ0v) is 17.8. The Bertz CT molecular complexity index is 807.